The summed E-state index contributed by atoms with van der Waals surface area (Å²) >= 11 is 3.22. The molecular formula is C15H11BrO2. The second-order valence-electron chi connectivity index (χ2n) is 3.61. The van der Waals surface area contributed by atoms with Gasteiger partial charge in [-0.3, -0.25) is 0 Å². The van der Waals surface area contributed by atoms with Gasteiger partial charge in [0.1, 0.15) is 10.2 Å². The third-order valence-electron chi connectivity index (χ3n) is 2.24. The van der Waals surface area contributed by atoms with Crippen molar-refractivity contribution in [3.63, 3.8) is 0 Å². The normalized spacial score (nSPS) is 11.1. The Bertz CT molecular complexity index is 547. The van der Waals surface area contributed by atoms with Gasteiger partial charge >= 0.3 is 5.97 Å². The largest absolute Gasteiger partial charge is 0.423 e. The van der Waals surface area contributed by atoms with Crippen LogP contribution in [0.25, 0.3) is 6.08 Å². The highest BCUT2D eigenvalue weighted by Crippen LogP contribution is 2.16. The molecule has 18 heavy (non-hydrogen) atoms. The predicted molar refractivity (Wildman–Crippen MR) is 75.4 cm³/mol. The van der Waals surface area contributed by atoms with Gasteiger partial charge in [-0.25, -0.2) is 4.79 Å². The second-order valence-corrected chi connectivity index (χ2v) is 4.46. The van der Waals surface area contributed by atoms with Crippen LogP contribution in [0.5, 0.6) is 5.75 Å². The topological polar surface area (TPSA) is 26.3 Å². The van der Waals surface area contributed by atoms with Crippen molar-refractivity contribution in [3.8, 4) is 5.75 Å². The number of carbonyl (C=O) groups is 1. The fourth-order valence-electron chi connectivity index (χ4n) is 1.40. The molecule has 2 nitrogen and oxygen atoms in total. The van der Waals surface area contributed by atoms with E-state index in [0.717, 1.165) is 5.56 Å². The summed E-state index contributed by atoms with van der Waals surface area (Å²) < 4.78 is 5.58. The Hall–Kier alpha value is -1.87. The van der Waals surface area contributed by atoms with Crippen molar-refractivity contribution in [2.24, 2.45) is 0 Å². The number of rotatable bonds is 3. The molecule has 0 unspecified atom stereocenters. The van der Waals surface area contributed by atoms with Crippen molar-refractivity contribution in [2.75, 3.05) is 0 Å². The van der Waals surface area contributed by atoms with Gasteiger partial charge in [-0.2, -0.15) is 0 Å². The summed E-state index contributed by atoms with van der Waals surface area (Å²) in [6.45, 7) is 0. The second kappa shape index (κ2) is 6.17. The highest BCUT2D eigenvalue weighted by Gasteiger charge is 2.08. The first-order chi connectivity index (χ1) is 8.75. The molecule has 0 atom stereocenters. The fraction of sp³-hybridized carbons (Fsp3) is 0. The third kappa shape index (κ3) is 3.57. The molecule has 2 aromatic carbocycles. The van der Waals surface area contributed by atoms with E-state index in [9.17, 15) is 4.79 Å². The molecule has 0 aliphatic heterocycles. The molecule has 0 spiro atoms. The maximum absolute atomic E-state index is 11.8. The van der Waals surface area contributed by atoms with E-state index in [1.807, 2.05) is 48.5 Å². The molecule has 0 radical (unpaired) electrons. The van der Waals surface area contributed by atoms with Crippen molar-refractivity contribution in [1.82, 2.24) is 0 Å². The van der Waals surface area contributed by atoms with Gasteiger partial charge in [0.25, 0.3) is 0 Å². The molecule has 0 fully saturated rings. The van der Waals surface area contributed by atoms with Gasteiger partial charge < -0.3 is 4.74 Å². The van der Waals surface area contributed by atoms with Crippen molar-refractivity contribution in [2.45, 2.75) is 0 Å². The maximum Gasteiger partial charge on any atom is 0.350 e. The molecule has 2 aromatic rings. The van der Waals surface area contributed by atoms with Gasteiger partial charge in [0.05, 0.1) is 0 Å². The molecule has 0 aliphatic rings. The quantitative estimate of drug-likeness (QED) is 0.486. The first-order valence-electron chi connectivity index (χ1n) is 5.45. The Morgan fingerprint density at radius 3 is 2.11 bits per heavy atom. The summed E-state index contributed by atoms with van der Waals surface area (Å²) in [6.07, 6.45) is 1.73. The van der Waals surface area contributed by atoms with E-state index in [1.165, 1.54) is 0 Å². The van der Waals surface area contributed by atoms with Gasteiger partial charge in [-0.1, -0.05) is 48.5 Å². The highest BCUT2D eigenvalue weighted by molar-refractivity contribution is 9.12. The Kier molecular flexibility index (Phi) is 4.31. The Balaban J connectivity index is 2.08. The van der Waals surface area contributed by atoms with Crippen LogP contribution >= 0.6 is 15.9 Å². The standard InChI is InChI=1S/C15H11BrO2/c16-14(11-12-7-3-1-4-8-12)15(17)18-13-9-5-2-6-10-13/h1-11H. The molecule has 0 aliphatic carbocycles. The van der Waals surface area contributed by atoms with E-state index in [0.29, 0.717) is 10.2 Å². The molecule has 0 N–H and O–H groups in total. The number of hydrogen-bond donors (Lipinski definition) is 0. The number of carbonyl (C=O) groups excluding carboxylic acids is 1. The predicted octanol–water partition coefficient (Wildman–Crippen LogP) is 4.03. The molecule has 0 saturated carbocycles. The lowest BCUT2D eigenvalue weighted by Gasteiger charge is -2.03. The fourth-order valence-corrected chi connectivity index (χ4v) is 1.74. The minimum Gasteiger partial charge on any atom is -0.423 e. The third-order valence-corrected chi connectivity index (χ3v) is 2.79. The zero-order valence-electron chi connectivity index (χ0n) is 9.55. The summed E-state index contributed by atoms with van der Waals surface area (Å²) in [7, 11) is 0. The summed E-state index contributed by atoms with van der Waals surface area (Å²) in [5.41, 5.74) is 0.939. The molecule has 3 heteroatoms. The van der Waals surface area contributed by atoms with E-state index >= 15 is 0 Å². The maximum atomic E-state index is 11.8. The van der Waals surface area contributed by atoms with E-state index < -0.39 is 5.97 Å². The van der Waals surface area contributed by atoms with Crippen molar-refractivity contribution in [3.05, 3.63) is 70.7 Å². The number of ether oxygens (including phenoxy) is 1. The summed E-state index contributed by atoms with van der Waals surface area (Å²) in [4.78, 5) is 11.8. The number of benzene rings is 2. The van der Waals surface area contributed by atoms with Crippen LogP contribution in [-0.2, 0) is 4.79 Å². The van der Waals surface area contributed by atoms with Crippen molar-refractivity contribution in [1.29, 1.82) is 0 Å². The van der Waals surface area contributed by atoms with Crippen LogP contribution in [0.3, 0.4) is 0 Å². The minimum atomic E-state index is -0.412. The Morgan fingerprint density at radius 1 is 0.944 bits per heavy atom. The van der Waals surface area contributed by atoms with E-state index in [4.69, 9.17) is 4.74 Å². The van der Waals surface area contributed by atoms with Gasteiger partial charge in [0.15, 0.2) is 0 Å². The minimum absolute atomic E-state index is 0.387. The van der Waals surface area contributed by atoms with Gasteiger partial charge in [0, 0.05) is 0 Å². The summed E-state index contributed by atoms with van der Waals surface area (Å²) in [5.74, 6) is 0.117. The van der Waals surface area contributed by atoms with E-state index in [1.54, 1.807) is 18.2 Å². The molecule has 2 rings (SSSR count). The van der Waals surface area contributed by atoms with Crippen molar-refractivity contribution < 1.29 is 9.53 Å². The Morgan fingerprint density at radius 2 is 1.50 bits per heavy atom. The average molecular weight is 303 g/mol. The first kappa shape index (κ1) is 12.6. The zero-order chi connectivity index (χ0) is 12.8. The summed E-state index contributed by atoms with van der Waals surface area (Å²) in [5, 5.41) is 0. The lowest BCUT2D eigenvalue weighted by molar-refractivity contribution is -0.129. The lowest BCUT2D eigenvalue weighted by Crippen LogP contribution is -2.07. The first-order valence-corrected chi connectivity index (χ1v) is 6.24. The highest BCUT2D eigenvalue weighted by atomic mass is 79.9. The average Bonchev–Trinajstić information content (AvgIpc) is 2.41. The smallest absolute Gasteiger partial charge is 0.350 e. The lowest BCUT2D eigenvalue weighted by atomic mass is 10.2. The summed E-state index contributed by atoms with van der Waals surface area (Å²) in [6, 6.07) is 18.5. The van der Waals surface area contributed by atoms with Gasteiger partial charge in [-0.05, 0) is 39.7 Å². The molecule has 90 valence electrons. The van der Waals surface area contributed by atoms with Crippen LogP contribution in [0.1, 0.15) is 5.56 Å². The van der Waals surface area contributed by atoms with Gasteiger partial charge in [0.2, 0.25) is 0 Å². The van der Waals surface area contributed by atoms with Crippen LogP contribution in [-0.4, -0.2) is 5.97 Å². The van der Waals surface area contributed by atoms with Crippen LogP contribution < -0.4 is 4.74 Å². The van der Waals surface area contributed by atoms with E-state index in [2.05, 4.69) is 15.9 Å². The monoisotopic (exact) mass is 302 g/mol. The molecule has 0 saturated heterocycles. The molecule has 0 amide bonds. The zero-order valence-corrected chi connectivity index (χ0v) is 11.1. The molecule has 0 aromatic heterocycles. The SMILES string of the molecule is O=C(Oc1ccccc1)C(Br)=Cc1ccccc1. The van der Waals surface area contributed by atoms with Crippen LogP contribution in [0.4, 0.5) is 0 Å². The van der Waals surface area contributed by atoms with Crippen LogP contribution in [0.15, 0.2) is 65.1 Å². The number of halogens is 1. The molecular weight excluding hydrogens is 292 g/mol. The number of esters is 1. The van der Waals surface area contributed by atoms with E-state index in [-0.39, 0.29) is 0 Å². The van der Waals surface area contributed by atoms with Gasteiger partial charge in [-0.15, -0.1) is 0 Å². The van der Waals surface area contributed by atoms with Crippen molar-refractivity contribution >= 4 is 28.0 Å². The van der Waals surface area contributed by atoms with Crippen LogP contribution in [0, 0.1) is 0 Å². The number of hydrogen-bond acceptors (Lipinski definition) is 2. The Labute approximate surface area is 114 Å². The van der Waals surface area contributed by atoms with Crippen LogP contribution in [0.2, 0.25) is 0 Å². The number of para-hydroxylation sites is 1. The molecule has 0 heterocycles. The molecule has 0 bridgehead atoms.